The summed E-state index contributed by atoms with van der Waals surface area (Å²) in [5.41, 5.74) is 2.44. The summed E-state index contributed by atoms with van der Waals surface area (Å²) in [4.78, 5) is 26.1. The van der Waals surface area contributed by atoms with Crippen molar-refractivity contribution in [2.75, 3.05) is 12.4 Å². The molecule has 3 aromatic rings. The number of hydrogen-bond donors (Lipinski definition) is 2. The molecule has 1 heterocycles. The lowest BCUT2D eigenvalue weighted by Gasteiger charge is -2.23. The molecule has 0 fully saturated rings. The van der Waals surface area contributed by atoms with Crippen molar-refractivity contribution in [3.63, 3.8) is 0 Å². The number of furan rings is 1. The van der Waals surface area contributed by atoms with Gasteiger partial charge in [0.05, 0.1) is 6.04 Å². The Morgan fingerprint density at radius 1 is 1.03 bits per heavy atom. The van der Waals surface area contributed by atoms with Crippen molar-refractivity contribution in [3.05, 3.63) is 65.9 Å². The fourth-order valence-corrected chi connectivity index (χ4v) is 2.92. The maximum absolute atomic E-state index is 12.6. The number of hydrogen-bond acceptors (Lipinski definition) is 3. The highest BCUT2D eigenvalue weighted by atomic mass is 16.3. The maximum atomic E-state index is 12.6. The fourth-order valence-electron chi connectivity index (χ4n) is 2.92. The summed E-state index contributed by atoms with van der Waals surface area (Å²) < 4.78 is 5.87. The number of rotatable bonds is 6. The molecule has 1 atom stereocenters. The SMILES string of the molecule is CC(C)C(=O)Nc1cccc(CNC(=O)N(C)C(C)c2cc3ccccc3o2)c1. The highest BCUT2D eigenvalue weighted by Gasteiger charge is 2.20. The van der Waals surface area contributed by atoms with Crippen LogP contribution in [0.15, 0.2) is 59.0 Å². The van der Waals surface area contributed by atoms with Gasteiger partial charge in [0.15, 0.2) is 0 Å². The van der Waals surface area contributed by atoms with Gasteiger partial charge in [0, 0.05) is 30.6 Å². The summed E-state index contributed by atoms with van der Waals surface area (Å²) >= 11 is 0. The Morgan fingerprint density at radius 3 is 2.52 bits per heavy atom. The van der Waals surface area contributed by atoms with E-state index in [1.54, 1.807) is 11.9 Å². The topological polar surface area (TPSA) is 74.6 Å². The molecule has 152 valence electrons. The summed E-state index contributed by atoms with van der Waals surface area (Å²) in [5.74, 6) is 0.611. The van der Waals surface area contributed by atoms with Crippen molar-refractivity contribution in [3.8, 4) is 0 Å². The Morgan fingerprint density at radius 2 is 1.79 bits per heavy atom. The van der Waals surface area contributed by atoms with Crippen molar-refractivity contribution < 1.29 is 14.0 Å². The zero-order valence-corrected chi connectivity index (χ0v) is 17.2. The number of nitrogens with one attached hydrogen (secondary N) is 2. The average molecular weight is 393 g/mol. The third-order valence-corrected chi connectivity index (χ3v) is 4.92. The molecule has 0 saturated heterocycles. The van der Waals surface area contributed by atoms with E-state index in [0.29, 0.717) is 6.54 Å². The van der Waals surface area contributed by atoms with E-state index in [9.17, 15) is 9.59 Å². The van der Waals surface area contributed by atoms with Crippen LogP contribution in [-0.2, 0) is 11.3 Å². The molecule has 3 amide bonds. The molecule has 0 bridgehead atoms. The Bertz CT molecular complexity index is 976. The molecule has 0 aliphatic rings. The molecule has 6 heteroatoms. The van der Waals surface area contributed by atoms with Gasteiger partial charge in [-0.3, -0.25) is 4.79 Å². The molecule has 1 unspecified atom stereocenters. The number of anilines is 1. The molecule has 0 spiro atoms. The molecule has 2 N–H and O–H groups in total. The third-order valence-electron chi connectivity index (χ3n) is 4.92. The number of amides is 3. The van der Waals surface area contributed by atoms with Gasteiger partial charge in [-0.2, -0.15) is 0 Å². The zero-order chi connectivity index (χ0) is 21.0. The van der Waals surface area contributed by atoms with Crippen molar-refractivity contribution in [1.82, 2.24) is 10.2 Å². The number of urea groups is 1. The van der Waals surface area contributed by atoms with Gasteiger partial charge in [-0.15, -0.1) is 0 Å². The van der Waals surface area contributed by atoms with E-state index in [1.807, 2.05) is 75.4 Å². The first kappa shape index (κ1) is 20.5. The lowest BCUT2D eigenvalue weighted by atomic mass is 10.1. The zero-order valence-electron chi connectivity index (χ0n) is 17.2. The molecule has 1 aromatic heterocycles. The third kappa shape index (κ3) is 4.96. The van der Waals surface area contributed by atoms with Gasteiger partial charge in [-0.1, -0.05) is 44.2 Å². The molecule has 2 aromatic carbocycles. The number of benzene rings is 2. The smallest absolute Gasteiger partial charge is 0.318 e. The van der Waals surface area contributed by atoms with Gasteiger partial charge in [-0.25, -0.2) is 4.79 Å². The van der Waals surface area contributed by atoms with Gasteiger partial charge in [-0.05, 0) is 36.8 Å². The minimum atomic E-state index is -0.209. The molecule has 0 radical (unpaired) electrons. The predicted octanol–water partition coefficient (Wildman–Crippen LogP) is 4.93. The van der Waals surface area contributed by atoms with Crippen LogP contribution in [0.25, 0.3) is 11.0 Å². The van der Waals surface area contributed by atoms with E-state index in [-0.39, 0.29) is 23.9 Å². The number of para-hydroxylation sites is 1. The Kier molecular flexibility index (Phi) is 6.22. The molecule has 0 aliphatic heterocycles. The monoisotopic (exact) mass is 393 g/mol. The highest BCUT2D eigenvalue weighted by molar-refractivity contribution is 5.92. The minimum Gasteiger partial charge on any atom is -0.459 e. The fraction of sp³-hybridized carbons (Fsp3) is 0.304. The minimum absolute atomic E-state index is 0.0365. The normalized spacial score (nSPS) is 12.0. The van der Waals surface area contributed by atoms with Gasteiger partial charge >= 0.3 is 6.03 Å². The van der Waals surface area contributed by atoms with E-state index in [1.165, 1.54) is 0 Å². The summed E-state index contributed by atoms with van der Waals surface area (Å²) in [7, 11) is 1.74. The van der Waals surface area contributed by atoms with E-state index >= 15 is 0 Å². The van der Waals surface area contributed by atoms with Crippen LogP contribution in [0.1, 0.15) is 38.1 Å². The van der Waals surface area contributed by atoms with E-state index in [0.717, 1.165) is 28.0 Å². The second-order valence-corrected chi connectivity index (χ2v) is 7.48. The highest BCUT2D eigenvalue weighted by Crippen LogP contribution is 2.26. The van der Waals surface area contributed by atoms with Crippen molar-refractivity contribution in [2.24, 2.45) is 5.92 Å². The lowest BCUT2D eigenvalue weighted by Crippen LogP contribution is -2.38. The number of carbonyl (C=O) groups is 2. The van der Waals surface area contributed by atoms with Crippen LogP contribution < -0.4 is 10.6 Å². The maximum Gasteiger partial charge on any atom is 0.318 e. The number of fused-ring (bicyclic) bond motifs is 1. The number of nitrogens with zero attached hydrogens (tertiary/aromatic N) is 1. The first-order valence-corrected chi connectivity index (χ1v) is 9.74. The summed E-state index contributed by atoms with van der Waals surface area (Å²) in [6.07, 6.45) is 0. The van der Waals surface area contributed by atoms with E-state index in [2.05, 4.69) is 10.6 Å². The molecule has 29 heavy (non-hydrogen) atoms. The molecular formula is C23H27N3O3. The van der Waals surface area contributed by atoms with E-state index < -0.39 is 0 Å². The van der Waals surface area contributed by atoms with Gasteiger partial charge in [0.25, 0.3) is 0 Å². The molecule has 0 saturated carbocycles. The quantitative estimate of drug-likeness (QED) is 0.623. The largest absolute Gasteiger partial charge is 0.459 e. The Labute approximate surface area is 170 Å². The average Bonchev–Trinajstić information content (AvgIpc) is 3.15. The summed E-state index contributed by atoms with van der Waals surface area (Å²) in [5, 5.41) is 6.81. The van der Waals surface area contributed by atoms with Gasteiger partial charge in [0.2, 0.25) is 5.91 Å². The summed E-state index contributed by atoms with van der Waals surface area (Å²) in [6.45, 7) is 5.98. The van der Waals surface area contributed by atoms with Crippen LogP contribution in [0.5, 0.6) is 0 Å². The molecular weight excluding hydrogens is 366 g/mol. The second kappa shape index (κ2) is 8.82. The van der Waals surface area contributed by atoms with Gasteiger partial charge < -0.3 is 20.0 Å². The Balaban J connectivity index is 1.60. The first-order chi connectivity index (χ1) is 13.8. The van der Waals surface area contributed by atoms with Crippen molar-refractivity contribution in [1.29, 1.82) is 0 Å². The standard InChI is InChI=1S/C23H27N3O3/c1-15(2)22(27)25-19-10-7-8-17(12-19)14-24-23(28)26(4)16(3)21-13-18-9-5-6-11-20(18)29-21/h5-13,15-16H,14H2,1-4H3,(H,24,28)(H,25,27). The first-order valence-electron chi connectivity index (χ1n) is 9.74. The van der Waals surface area contributed by atoms with E-state index in [4.69, 9.17) is 4.42 Å². The number of carbonyl (C=O) groups excluding carboxylic acids is 2. The lowest BCUT2D eigenvalue weighted by molar-refractivity contribution is -0.118. The molecule has 3 rings (SSSR count). The van der Waals surface area contributed by atoms with Crippen LogP contribution >= 0.6 is 0 Å². The molecule has 0 aliphatic carbocycles. The van der Waals surface area contributed by atoms with Crippen molar-refractivity contribution >= 4 is 28.6 Å². The van der Waals surface area contributed by atoms with Crippen LogP contribution in [-0.4, -0.2) is 23.9 Å². The van der Waals surface area contributed by atoms with Crippen LogP contribution in [0.2, 0.25) is 0 Å². The summed E-state index contributed by atoms with van der Waals surface area (Å²) in [6, 6.07) is 16.8. The van der Waals surface area contributed by atoms with Gasteiger partial charge in [0.1, 0.15) is 11.3 Å². The second-order valence-electron chi connectivity index (χ2n) is 7.48. The van der Waals surface area contributed by atoms with Crippen LogP contribution in [0.4, 0.5) is 10.5 Å². The van der Waals surface area contributed by atoms with Crippen molar-refractivity contribution in [2.45, 2.75) is 33.4 Å². The predicted molar refractivity (Wildman–Crippen MR) is 115 cm³/mol. The Hall–Kier alpha value is -3.28. The van der Waals surface area contributed by atoms with Crippen LogP contribution in [0, 0.1) is 5.92 Å². The molecule has 6 nitrogen and oxygen atoms in total. The van der Waals surface area contributed by atoms with Crippen LogP contribution in [0.3, 0.4) is 0 Å².